The predicted molar refractivity (Wildman–Crippen MR) is 107 cm³/mol. The summed E-state index contributed by atoms with van der Waals surface area (Å²) in [7, 11) is 0. The van der Waals surface area contributed by atoms with Gasteiger partial charge in [-0.3, -0.25) is 15.5 Å². The number of rotatable bonds is 4. The Morgan fingerprint density at radius 2 is 1.63 bits per heavy atom. The number of hydrazine groups is 1. The summed E-state index contributed by atoms with van der Waals surface area (Å²) in [6, 6.07) is -0.124. The highest BCUT2D eigenvalue weighted by atomic mass is 19.2. The van der Waals surface area contributed by atoms with Gasteiger partial charge in [-0.25, -0.2) is 28.0 Å². The first-order valence-corrected chi connectivity index (χ1v) is 10.9. The second-order valence-corrected chi connectivity index (χ2v) is 9.12. The molecular formula is C20H33F4N5O. The van der Waals surface area contributed by atoms with E-state index < -0.39 is 30.6 Å². The average molecular weight is 436 g/mol. The molecule has 0 aromatic carbocycles. The largest absolute Gasteiger partial charge is 0.354 e. The van der Waals surface area contributed by atoms with Crippen LogP contribution in [0.2, 0.25) is 0 Å². The second-order valence-electron chi connectivity index (χ2n) is 9.12. The fourth-order valence-corrected chi connectivity index (χ4v) is 4.58. The maximum Gasteiger partial charge on any atom is 0.229 e. The number of nitrogens with zero attached hydrogens (tertiary/aromatic N) is 1. The summed E-state index contributed by atoms with van der Waals surface area (Å²) in [5.74, 6) is -0.849. The van der Waals surface area contributed by atoms with Gasteiger partial charge in [-0.1, -0.05) is 0 Å². The van der Waals surface area contributed by atoms with Crippen LogP contribution in [0.4, 0.5) is 17.6 Å². The minimum absolute atomic E-state index is 0.0114. The number of aliphatic imine (C=N–C) groups is 1. The molecule has 2 aliphatic carbocycles. The van der Waals surface area contributed by atoms with Crippen LogP contribution in [0, 0.1) is 11.8 Å². The molecule has 6 nitrogen and oxygen atoms in total. The Bertz CT molecular complexity index is 612. The lowest BCUT2D eigenvalue weighted by Gasteiger charge is -2.31. The first-order valence-electron chi connectivity index (χ1n) is 10.9. The van der Waals surface area contributed by atoms with Crippen LogP contribution in [0.1, 0.15) is 58.8 Å². The van der Waals surface area contributed by atoms with E-state index in [0.717, 1.165) is 0 Å². The molecule has 0 radical (unpaired) electrons. The van der Waals surface area contributed by atoms with E-state index in [4.69, 9.17) is 0 Å². The summed E-state index contributed by atoms with van der Waals surface area (Å²) in [5.41, 5.74) is 6.10. The van der Waals surface area contributed by atoms with Gasteiger partial charge in [0.15, 0.2) is 5.96 Å². The Kier molecular flexibility index (Phi) is 7.95. The molecule has 3 aliphatic rings. The molecule has 0 bridgehead atoms. The van der Waals surface area contributed by atoms with Crippen LogP contribution in [-0.2, 0) is 4.79 Å². The SMILES string of the molecule is CC(C)N/C(=N\C1CC(C2CC(F)CC(F)C2)NN1)NC(=O)C1CCC(F)C(F)C1. The predicted octanol–water partition coefficient (Wildman–Crippen LogP) is 2.60. The lowest BCUT2D eigenvalue weighted by atomic mass is 9.81. The lowest BCUT2D eigenvalue weighted by molar-refractivity contribution is -0.125. The van der Waals surface area contributed by atoms with Gasteiger partial charge in [0.1, 0.15) is 30.9 Å². The van der Waals surface area contributed by atoms with E-state index in [9.17, 15) is 22.4 Å². The molecule has 0 aromatic heterocycles. The van der Waals surface area contributed by atoms with Crippen LogP contribution in [0.5, 0.6) is 0 Å². The monoisotopic (exact) mass is 435 g/mol. The molecule has 4 N–H and O–H groups in total. The summed E-state index contributed by atoms with van der Waals surface area (Å²) < 4.78 is 54.5. The average Bonchev–Trinajstić information content (AvgIpc) is 3.11. The van der Waals surface area contributed by atoms with Gasteiger partial charge < -0.3 is 5.32 Å². The summed E-state index contributed by atoms with van der Waals surface area (Å²) >= 11 is 0. The summed E-state index contributed by atoms with van der Waals surface area (Å²) in [6.45, 7) is 3.78. The molecule has 1 heterocycles. The van der Waals surface area contributed by atoms with E-state index in [0.29, 0.717) is 25.7 Å². The van der Waals surface area contributed by atoms with Gasteiger partial charge in [0.05, 0.1) is 0 Å². The molecule has 3 rings (SSSR count). The number of nitrogens with one attached hydrogen (secondary N) is 4. The first kappa shape index (κ1) is 23.2. The number of hydrogen-bond donors (Lipinski definition) is 4. The number of halogens is 4. The molecule has 10 heteroatoms. The maximum atomic E-state index is 13.7. The van der Waals surface area contributed by atoms with Gasteiger partial charge in [-0.15, -0.1) is 0 Å². The van der Waals surface area contributed by atoms with Gasteiger partial charge in [-0.2, -0.15) is 0 Å². The Morgan fingerprint density at radius 3 is 2.27 bits per heavy atom. The van der Waals surface area contributed by atoms with Crippen LogP contribution in [-0.4, -0.2) is 54.8 Å². The van der Waals surface area contributed by atoms with Crippen molar-refractivity contribution in [3.05, 3.63) is 0 Å². The summed E-state index contributed by atoms with van der Waals surface area (Å²) in [6.07, 6.45) is -4.42. The van der Waals surface area contributed by atoms with Crippen molar-refractivity contribution in [2.24, 2.45) is 16.8 Å². The number of carbonyl (C=O) groups excluding carboxylic acids is 1. The number of alkyl halides is 4. The third kappa shape index (κ3) is 6.29. The smallest absolute Gasteiger partial charge is 0.229 e. The van der Waals surface area contributed by atoms with E-state index in [1.807, 2.05) is 13.8 Å². The van der Waals surface area contributed by atoms with Crippen molar-refractivity contribution in [3.8, 4) is 0 Å². The Morgan fingerprint density at radius 1 is 0.933 bits per heavy atom. The van der Waals surface area contributed by atoms with Crippen molar-refractivity contribution in [1.82, 2.24) is 21.5 Å². The van der Waals surface area contributed by atoms with Gasteiger partial charge >= 0.3 is 0 Å². The molecule has 7 atom stereocenters. The highest BCUT2D eigenvalue weighted by Crippen LogP contribution is 2.33. The molecule has 3 fully saturated rings. The molecule has 0 spiro atoms. The molecule has 1 aliphatic heterocycles. The quantitative estimate of drug-likeness (QED) is 0.311. The molecule has 7 unspecified atom stereocenters. The van der Waals surface area contributed by atoms with E-state index in [1.165, 1.54) is 0 Å². The molecule has 2 saturated carbocycles. The second kappa shape index (κ2) is 10.3. The van der Waals surface area contributed by atoms with E-state index in [2.05, 4.69) is 26.5 Å². The lowest BCUT2D eigenvalue weighted by Crippen LogP contribution is -2.48. The number of guanidine groups is 1. The third-order valence-electron chi connectivity index (χ3n) is 6.13. The normalized spacial score (nSPS) is 40.4. The molecule has 172 valence electrons. The van der Waals surface area contributed by atoms with Crippen molar-refractivity contribution in [1.29, 1.82) is 0 Å². The maximum absolute atomic E-state index is 13.7. The van der Waals surface area contributed by atoms with Crippen molar-refractivity contribution in [3.63, 3.8) is 0 Å². The standard InChI is InChI=1S/C20H33F4N5O/c1-10(2)25-20(27-19(30)11-3-4-15(23)16(24)7-11)26-18-9-17(28-29-18)12-5-13(21)8-14(22)6-12/h10-18,28-29H,3-9H2,1-2H3,(H2,25,26,27,30). The van der Waals surface area contributed by atoms with Crippen LogP contribution < -0.4 is 21.5 Å². The highest BCUT2D eigenvalue weighted by molar-refractivity contribution is 5.98. The Balaban J connectivity index is 1.59. The zero-order chi connectivity index (χ0) is 21.8. The highest BCUT2D eigenvalue weighted by Gasteiger charge is 2.38. The van der Waals surface area contributed by atoms with E-state index in [-0.39, 0.29) is 55.3 Å². The van der Waals surface area contributed by atoms with Gasteiger partial charge in [-0.05, 0) is 51.9 Å². The minimum Gasteiger partial charge on any atom is -0.354 e. The van der Waals surface area contributed by atoms with Crippen molar-refractivity contribution in [2.45, 2.75) is 102 Å². The minimum atomic E-state index is -1.62. The number of carbonyl (C=O) groups is 1. The van der Waals surface area contributed by atoms with Crippen molar-refractivity contribution in [2.75, 3.05) is 0 Å². The first-order chi connectivity index (χ1) is 14.2. The van der Waals surface area contributed by atoms with Gasteiger partial charge in [0.25, 0.3) is 0 Å². The summed E-state index contributed by atoms with van der Waals surface area (Å²) in [4.78, 5) is 17.1. The number of hydrogen-bond acceptors (Lipinski definition) is 4. The van der Waals surface area contributed by atoms with Gasteiger partial charge in [0.2, 0.25) is 5.91 Å². The molecule has 1 amide bonds. The van der Waals surface area contributed by atoms with E-state index >= 15 is 0 Å². The van der Waals surface area contributed by atoms with Crippen LogP contribution in [0.25, 0.3) is 0 Å². The van der Waals surface area contributed by atoms with Gasteiger partial charge in [0, 0.05) is 30.8 Å². The molecule has 0 aromatic rings. The molecule has 1 saturated heterocycles. The zero-order valence-corrected chi connectivity index (χ0v) is 17.5. The Hall–Kier alpha value is -1.42. The fraction of sp³-hybridized carbons (Fsp3) is 0.900. The van der Waals surface area contributed by atoms with Crippen LogP contribution >= 0.6 is 0 Å². The number of amides is 1. The van der Waals surface area contributed by atoms with Crippen LogP contribution in [0.15, 0.2) is 4.99 Å². The van der Waals surface area contributed by atoms with Crippen LogP contribution in [0.3, 0.4) is 0 Å². The van der Waals surface area contributed by atoms with Crippen molar-refractivity contribution >= 4 is 11.9 Å². The third-order valence-corrected chi connectivity index (χ3v) is 6.13. The topological polar surface area (TPSA) is 77.6 Å². The zero-order valence-electron chi connectivity index (χ0n) is 17.5. The van der Waals surface area contributed by atoms with Crippen molar-refractivity contribution < 1.29 is 22.4 Å². The fourth-order valence-electron chi connectivity index (χ4n) is 4.58. The molecular weight excluding hydrogens is 402 g/mol. The summed E-state index contributed by atoms with van der Waals surface area (Å²) in [5, 5.41) is 5.78. The molecule has 30 heavy (non-hydrogen) atoms. The Labute approximate surface area is 175 Å². The van der Waals surface area contributed by atoms with E-state index in [1.54, 1.807) is 0 Å².